The largest absolute Gasteiger partial charge is 0.478 e. The zero-order valence-corrected chi connectivity index (χ0v) is 11.9. The van der Waals surface area contributed by atoms with Crippen LogP contribution in [0.2, 0.25) is 5.02 Å². The number of rotatable bonds is 4. The van der Waals surface area contributed by atoms with E-state index in [2.05, 4.69) is 12.2 Å². The van der Waals surface area contributed by atoms with Crippen molar-refractivity contribution in [3.63, 3.8) is 0 Å². The highest BCUT2D eigenvalue weighted by Gasteiger charge is 2.24. The van der Waals surface area contributed by atoms with Crippen molar-refractivity contribution in [2.45, 2.75) is 45.1 Å². The van der Waals surface area contributed by atoms with Gasteiger partial charge < -0.3 is 10.4 Å². The monoisotopic (exact) mass is 281 g/mol. The molecular formula is C15H20ClNO2. The van der Waals surface area contributed by atoms with E-state index in [0.717, 1.165) is 12.8 Å². The second-order valence-electron chi connectivity index (χ2n) is 5.20. The van der Waals surface area contributed by atoms with Gasteiger partial charge in [0.05, 0.1) is 5.56 Å². The molecule has 0 bridgehead atoms. The number of aromatic carboxylic acids is 1. The molecule has 3 nitrogen and oxygen atoms in total. The predicted octanol–water partition coefficient (Wildman–Crippen LogP) is 4.42. The summed E-state index contributed by atoms with van der Waals surface area (Å²) in [6.07, 6.45) is 5.96. The van der Waals surface area contributed by atoms with E-state index in [1.165, 1.54) is 25.3 Å². The number of anilines is 1. The van der Waals surface area contributed by atoms with Crippen LogP contribution in [0.5, 0.6) is 0 Å². The minimum atomic E-state index is -0.936. The third-order valence-electron chi connectivity index (χ3n) is 3.99. The van der Waals surface area contributed by atoms with Gasteiger partial charge in [0.15, 0.2) is 0 Å². The Bertz CT molecular complexity index is 461. The van der Waals surface area contributed by atoms with E-state index < -0.39 is 5.97 Å². The Balaban J connectivity index is 2.20. The SMILES string of the molecule is CCC1CCCCC1Nc1ccc(Cl)cc1C(=O)O. The fraction of sp³-hybridized carbons (Fsp3) is 0.533. The summed E-state index contributed by atoms with van der Waals surface area (Å²) in [6.45, 7) is 2.20. The second kappa shape index (κ2) is 6.29. The lowest BCUT2D eigenvalue weighted by Crippen LogP contribution is -2.32. The van der Waals surface area contributed by atoms with Crippen molar-refractivity contribution in [2.24, 2.45) is 5.92 Å². The summed E-state index contributed by atoms with van der Waals surface area (Å²) in [5.74, 6) is -0.306. The van der Waals surface area contributed by atoms with Crippen LogP contribution in [0, 0.1) is 5.92 Å². The molecule has 2 unspecified atom stereocenters. The Labute approximate surface area is 119 Å². The smallest absolute Gasteiger partial charge is 0.337 e. The van der Waals surface area contributed by atoms with Crippen LogP contribution in [-0.2, 0) is 0 Å². The predicted molar refractivity (Wildman–Crippen MR) is 78.1 cm³/mol. The van der Waals surface area contributed by atoms with Crippen LogP contribution in [0.4, 0.5) is 5.69 Å². The molecule has 2 rings (SSSR count). The Kier molecular flexibility index (Phi) is 4.70. The number of hydrogen-bond donors (Lipinski definition) is 2. The average Bonchev–Trinajstić information content (AvgIpc) is 2.41. The topological polar surface area (TPSA) is 49.3 Å². The van der Waals surface area contributed by atoms with Gasteiger partial charge in [0.2, 0.25) is 0 Å². The first-order valence-electron chi connectivity index (χ1n) is 6.91. The minimum Gasteiger partial charge on any atom is -0.478 e. The molecule has 0 aromatic heterocycles. The third-order valence-corrected chi connectivity index (χ3v) is 4.22. The third kappa shape index (κ3) is 3.41. The molecule has 0 spiro atoms. The molecule has 1 aliphatic carbocycles. The van der Waals surface area contributed by atoms with Crippen molar-refractivity contribution in [3.8, 4) is 0 Å². The second-order valence-corrected chi connectivity index (χ2v) is 5.64. The van der Waals surface area contributed by atoms with Crippen molar-refractivity contribution < 1.29 is 9.90 Å². The quantitative estimate of drug-likeness (QED) is 0.859. The zero-order chi connectivity index (χ0) is 13.8. The molecule has 4 heteroatoms. The minimum absolute atomic E-state index is 0.257. The lowest BCUT2D eigenvalue weighted by molar-refractivity contribution is 0.0698. The van der Waals surface area contributed by atoms with Crippen LogP contribution >= 0.6 is 11.6 Å². The Hall–Kier alpha value is -1.22. The molecule has 1 aliphatic rings. The maximum Gasteiger partial charge on any atom is 0.337 e. The molecule has 19 heavy (non-hydrogen) atoms. The number of halogens is 1. The molecule has 0 radical (unpaired) electrons. The van der Waals surface area contributed by atoms with Crippen molar-refractivity contribution in [2.75, 3.05) is 5.32 Å². The molecule has 2 atom stereocenters. The van der Waals surface area contributed by atoms with Gasteiger partial charge >= 0.3 is 5.97 Å². The molecule has 1 saturated carbocycles. The van der Waals surface area contributed by atoms with Gasteiger partial charge in [0.1, 0.15) is 0 Å². The highest BCUT2D eigenvalue weighted by Crippen LogP contribution is 2.31. The molecule has 0 saturated heterocycles. The highest BCUT2D eigenvalue weighted by molar-refractivity contribution is 6.31. The summed E-state index contributed by atoms with van der Waals surface area (Å²) < 4.78 is 0. The number of nitrogens with one attached hydrogen (secondary N) is 1. The number of carboxylic acid groups (broad SMARTS) is 1. The molecule has 104 valence electrons. The first kappa shape index (κ1) is 14.2. The normalized spacial score (nSPS) is 23.1. The van der Waals surface area contributed by atoms with Crippen LogP contribution in [0.15, 0.2) is 18.2 Å². The van der Waals surface area contributed by atoms with Crippen LogP contribution < -0.4 is 5.32 Å². The van der Waals surface area contributed by atoms with Crippen molar-refractivity contribution in [1.29, 1.82) is 0 Å². The summed E-state index contributed by atoms with van der Waals surface area (Å²) in [5.41, 5.74) is 0.940. The van der Waals surface area contributed by atoms with Crippen LogP contribution in [0.25, 0.3) is 0 Å². The number of benzene rings is 1. The lowest BCUT2D eigenvalue weighted by Gasteiger charge is -2.32. The highest BCUT2D eigenvalue weighted by atomic mass is 35.5. The number of hydrogen-bond acceptors (Lipinski definition) is 2. The van der Waals surface area contributed by atoms with Gasteiger partial charge in [-0.3, -0.25) is 0 Å². The summed E-state index contributed by atoms with van der Waals surface area (Å²) in [4.78, 5) is 11.3. The van der Waals surface area contributed by atoms with Crippen LogP contribution in [0.1, 0.15) is 49.4 Å². The fourth-order valence-corrected chi connectivity index (χ4v) is 3.08. The number of carboxylic acids is 1. The zero-order valence-electron chi connectivity index (χ0n) is 11.2. The summed E-state index contributed by atoms with van der Waals surface area (Å²) in [5, 5.41) is 13.1. The lowest BCUT2D eigenvalue weighted by atomic mass is 9.82. The first-order chi connectivity index (χ1) is 9.11. The average molecular weight is 282 g/mol. The number of carbonyl (C=O) groups is 1. The van der Waals surface area contributed by atoms with Crippen molar-refractivity contribution >= 4 is 23.3 Å². The van der Waals surface area contributed by atoms with Crippen LogP contribution in [0.3, 0.4) is 0 Å². The standard InChI is InChI=1S/C15H20ClNO2/c1-2-10-5-3-4-6-13(10)17-14-8-7-11(16)9-12(14)15(18)19/h7-10,13,17H,2-6H2,1H3,(H,18,19). The van der Waals surface area contributed by atoms with Gasteiger partial charge in [-0.05, 0) is 37.0 Å². The van der Waals surface area contributed by atoms with Crippen LogP contribution in [-0.4, -0.2) is 17.1 Å². The van der Waals surface area contributed by atoms with E-state index in [-0.39, 0.29) is 5.56 Å². The first-order valence-corrected chi connectivity index (χ1v) is 7.29. The summed E-state index contributed by atoms with van der Waals surface area (Å²) >= 11 is 5.87. The summed E-state index contributed by atoms with van der Waals surface area (Å²) in [6, 6.07) is 5.39. The van der Waals surface area contributed by atoms with Gasteiger partial charge in [-0.2, -0.15) is 0 Å². The van der Waals surface area contributed by atoms with E-state index in [1.54, 1.807) is 12.1 Å². The van der Waals surface area contributed by atoms with E-state index in [9.17, 15) is 9.90 Å². The molecular weight excluding hydrogens is 262 g/mol. The maximum absolute atomic E-state index is 11.3. The molecule has 0 aliphatic heterocycles. The molecule has 1 fully saturated rings. The van der Waals surface area contributed by atoms with Crippen molar-refractivity contribution in [3.05, 3.63) is 28.8 Å². The molecule has 1 aromatic carbocycles. The Morgan fingerprint density at radius 3 is 2.84 bits per heavy atom. The Morgan fingerprint density at radius 1 is 1.42 bits per heavy atom. The van der Waals surface area contributed by atoms with Gasteiger partial charge in [0, 0.05) is 16.8 Å². The van der Waals surface area contributed by atoms with Gasteiger partial charge in [-0.1, -0.05) is 37.8 Å². The van der Waals surface area contributed by atoms with E-state index in [1.807, 2.05) is 0 Å². The van der Waals surface area contributed by atoms with Crippen molar-refractivity contribution in [1.82, 2.24) is 0 Å². The van der Waals surface area contributed by atoms with E-state index >= 15 is 0 Å². The Morgan fingerprint density at radius 2 is 2.16 bits per heavy atom. The van der Waals surface area contributed by atoms with Gasteiger partial charge in [0.25, 0.3) is 0 Å². The molecule has 0 amide bonds. The molecule has 1 aromatic rings. The fourth-order valence-electron chi connectivity index (χ4n) is 2.91. The maximum atomic E-state index is 11.3. The van der Waals surface area contributed by atoms with Gasteiger partial charge in [-0.15, -0.1) is 0 Å². The summed E-state index contributed by atoms with van der Waals surface area (Å²) in [7, 11) is 0. The molecule has 2 N–H and O–H groups in total. The van der Waals surface area contributed by atoms with E-state index in [0.29, 0.717) is 22.7 Å². The van der Waals surface area contributed by atoms with Gasteiger partial charge in [-0.25, -0.2) is 4.79 Å². The van der Waals surface area contributed by atoms with E-state index in [4.69, 9.17) is 11.6 Å². The molecule has 0 heterocycles.